The highest BCUT2D eigenvalue weighted by Crippen LogP contribution is 1.82. The van der Waals surface area contributed by atoms with Crippen LogP contribution in [0.2, 0.25) is 0 Å². The highest BCUT2D eigenvalue weighted by atomic mass is 29.5. The number of hydrogen-bond donors (Lipinski definition) is 0. The Kier molecular flexibility index (Phi) is 2.31. The van der Waals surface area contributed by atoms with E-state index >= 15 is 0 Å². The van der Waals surface area contributed by atoms with Crippen molar-refractivity contribution in [3.05, 3.63) is 24.5 Å². The van der Waals surface area contributed by atoms with E-state index in [4.69, 9.17) is 0 Å². The maximum absolute atomic E-state index is 2.42. The molecule has 1 nitrogen and oxygen atoms in total. The Labute approximate surface area is 56.8 Å². The first-order valence-electron chi connectivity index (χ1n) is 3.04. The van der Waals surface area contributed by atoms with Crippen molar-refractivity contribution in [1.29, 1.82) is 0 Å². The minimum atomic E-state index is 0.258. The van der Waals surface area contributed by atoms with E-state index in [1.54, 1.807) is 0 Å². The summed E-state index contributed by atoms with van der Waals surface area (Å²) < 4.78 is 2.42. The topological polar surface area (TPSA) is 4.93 Å². The molecular formula is C4H11NSi3. The zero-order valence-electron chi connectivity index (χ0n) is 5.17. The highest BCUT2D eigenvalue weighted by Gasteiger charge is 1.82. The van der Waals surface area contributed by atoms with E-state index in [0.717, 1.165) is 0 Å². The summed E-state index contributed by atoms with van der Waals surface area (Å²) >= 11 is 0. The molecule has 0 unspecified atom stereocenters. The van der Waals surface area contributed by atoms with Gasteiger partial charge in [0.25, 0.3) is 0 Å². The third kappa shape index (κ3) is 1.46. The fourth-order valence-electron chi connectivity index (χ4n) is 0.777. The zero-order valence-corrected chi connectivity index (χ0v) is 10.00. The van der Waals surface area contributed by atoms with Gasteiger partial charge < -0.3 is 4.23 Å². The van der Waals surface area contributed by atoms with Crippen LogP contribution in [0.5, 0.6) is 0 Å². The van der Waals surface area contributed by atoms with Gasteiger partial charge >= 0.3 is 0 Å². The van der Waals surface area contributed by atoms with Crippen LogP contribution in [0.1, 0.15) is 0 Å². The Morgan fingerprint density at radius 1 is 1.25 bits per heavy atom. The van der Waals surface area contributed by atoms with Crippen molar-refractivity contribution < 1.29 is 0 Å². The maximum atomic E-state index is 2.42. The molecule has 4 heteroatoms. The Balaban J connectivity index is 2.50. The molecule has 0 spiro atoms. The van der Waals surface area contributed by atoms with Gasteiger partial charge in [0.15, 0.2) is 0 Å². The van der Waals surface area contributed by atoms with Crippen molar-refractivity contribution in [2.45, 2.75) is 0 Å². The van der Waals surface area contributed by atoms with Crippen molar-refractivity contribution in [2.75, 3.05) is 0 Å². The summed E-state index contributed by atoms with van der Waals surface area (Å²) in [6.45, 7) is 0. The molecule has 0 aromatic carbocycles. The Hall–Kier alpha value is -0.0694. The summed E-state index contributed by atoms with van der Waals surface area (Å²) in [5.41, 5.74) is 0. The van der Waals surface area contributed by atoms with Crippen molar-refractivity contribution in [1.82, 2.24) is 4.23 Å². The van der Waals surface area contributed by atoms with Crippen LogP contribution in [-0.4, -0.2) is 31.7 Å². The SMILES string of the molecule is [SiH3][SiH2][SiH2]n1cccc1. The minimum absolute atomic E-state index is 0.258. The fraction of sp³-hybridized carbons (Fsp3) is 0. The van der Waals surface area contributed by atoms with E-state index in [0.29, 0.717) is 8.55 Å². The van der Waals surface area contributed by atoms with Crippen LogP contribution in [0, 0.1) is 0 Å². The predicted octanol–water partition coefficient (Wildman–Crippen LogP) is -2.22. The second-order valence-electron chi connectivity index (χ2n) is 1.92. The fourth-order valence-corrected chi connectivity index (χ4v) is 8.93. The van der Waals surface area contributed by atoms with E-state index in [-0.39, 0.29) is 9.20 Å². The van der Waals surface area contributed by atoms with Crippen molar-refractivity contribution in [3.8, 4) is 0 Å². The van der Waals surface area contributed by atoms with Gasteiger partial charge in [-0.2, -0.15) is 0 Å². The average Bonchev–Trinajstić information content (AvgIpc) is 2.19. The molecule has 44 valence electrons. The highest BCUT2D eigenvalue weighted by molar-refractivity contribution is 7.23. The molecule has 0 atom stereocenters. The zero-order chi connectivity index (χ0) is 5.82. The monoisotopic (exact) mass is 157 g/mol. The summed E-state index contributed by atoms with van der Waals surface area (Å²) in [7, 11) is 2.26. The molecule has 0 radical (unpaired) electrons. The second kappa shape index (κ2) is 3.06. The number of nitrogens with zero attached hydrogens (tertiary/aromatic N) is 1. The van der Waals surface area contributed by atoms with Crippen LogP contribution in [0.15, 0.2) is 24.5 Å². The molecular weight excluding hydrogens is 146 g/mol. The van der Waals surface area contributed by atoms with Gasteiger partial charge in [0, 0.05) is 8.55 Å². The maximum Gasteiger partial charge on any atom is 0.108 e. The molecule has 8 heavy (non-hydrogen) atoms. The smallest absolute Gasteiger partial charge is 0.108 e. The van der Waals surface area contributed by atoms with Gasteiger partial charge in [-0.1, -0.05) is 0 Å². The van der Waals surface area contributed by atoms with Gasteiger partial charge in [-0.3, -0.25) is 0 Å². The van der Waals surface area contributed by atoms with Crippen LogP contribution >= 0.6 is 0 Å². The van der Waals surface area contributed by atoms with E-state index < -0.39 is 0 Å². The van der Waals surface area contributed by atoms with E-state index in [9.17, 15) is 0 Å². The third-order valence-electron chi connectivity index (χ3n) is 1.15. The van der Waals surface area contributed by atoms with Crippen molar-refractivity contribution in [2.24, 2.45) is 0 Å². The quantitative estimate of drug-likeness (QED) is 0.429. The van der Waals surface area contributed by atoms with Crippen molar-refractivity contribution in [3.63, 3.8) is 0 Å². The summed E-state index contributed by atoms with van der Waals surface area (Å²) in [6, 6.07) is 4.25. The number of hydrogen-bond acceptors (Lipinski definition) is 0. The molecule has 0 aliphatic rings. The number of aromatic nitrogens is 1. The molecule has 0 N–H and O–H groups in total. The first kappa shape index (κ1) is 6.06. The van der Waals surface area contributed by atoms with Crippen molar-refractivity contribution >= 4 is 27.5 Å². The normalized spacial score (nSPS) is 13.0. The van der Waals surface area contributed by atoms with Crippen LogP contribution in [0.4, 0.5) is 0 Å². The van der Waals surface area contributed by atoms with Gasteiger partial charge in [0.2, 0.25) is 0 Å². The molecule has 0 aliphatic heterocycles. The van der Waals surface area contributed by atoms with Gasteiger partial charge in [-0.05, 0) is 34.3 Å². The molecule has 1 rings (SSSR count). The summed E-state index contributed by atoms with van der Waals surface area (Å²) in [4.78, 5) is 0. The van der Waals surface area contributed by atoms with E-state index in [1.165, 1.54) is 9.76 Å². The van der Waals surface area contributed by atoms with Gasteiger partial charge in [-0.15, -0.1) is 0 Å². The first-order valence-corrected chi connectivity index (χ1v) is 13.3. The predicted molar refractivity (Wildman–Crippen MR) is 46.9 cm³/mol. The average molecular weight is 157 g/mol. The minimum Gasteiger partial charge on any atom is -0.390 e. The Morgan fingerprint density at radius 2 is 1.88 bits per heavy atom. The largest absolute Gasteiger partial charge is 0.390 e. The van der Waals surface area contributed by atoms with Gasteiger partial charge in [0.05, 0.1) is 0 Å². The first-order chi connectivity index (χ1) is 3.93. The van der Waals surface area contributed by atoms with E-state index in [1.807, 2.05) is 0 Å². The molecule has 0 bridgehead atoms. The number of rotatable bonds is 2. The van der Waals surface area contributed by atoms with E-state index in [2.05, 4.69) is 28.8 Å². The lowest BCUT2D eigenvalue weighted by molar-refractivity contribution is 1.25. The molecule has 0 fully saturated rings. The van der Waals surface area contributed by atoms with Gasteiger partial charge in [0.1, 0.15) is 9.20 Å². The molecule has 0 saturated carbocycles. The molecule has 0 aliphatic carbocycles. The summed E-state index contributed by atoms with van der Waals surface area (Å²) in [5.74, 6) is 0. The van der Waals surface area contributed by atoms with Crippen LogP contribution in [-0.2, 0) is 0 Å². The molecule has 1 heterocycles. The standard InChI is InChI=1S/C4H11NSi3/c6-8-7-5-3-1-2-4-5/h1-4H,7-8H2,6H3. The molecule has 0 amide bonds. The third-order valence-corrected chi connectivity index (χ3v) is 9.45. The molecule has 0 saturated heterocycles. The van der Waals surface area contributed by atoms with Crippen LogP contribution in [0.25, 0.3) is 0 Å². The summed E-state index contributed by atoms with van der Waals surface area (Å²) in [5, 5.41) is 0. The summed E-state index contributed by atoms with van der Waals surface area (Å²) in [6.07, 6.45) is 4.41. The Bertz CT molecular complexity index is 137. The van der Waals surface area contributed by atoms with Gasteiger partial charge in [-0.25, -0.2) is 0 Å². The lowest BCUT2D eigenvalue weighted by Gasteiger charge is -1.93. The lowest BCUT2D eigenvalue weighted by Crippen LogP contribution is -2.12. The van der Waals surface area contributed by atoms with Crippen LogP contribution < -0.4 is 0 Å². The molecule has 1 aromatic heterocycles. The van der Waals surface area contributed by atoms with Crippen LogP contribution in [0.3, 0.4) is 0 Å². The second-order valence-corrected chi connectivity index (χ2v) is 17.4. The molecule has 1 aromatic rings. The Morgan fingerprint density at radius 3 is 2.38 bits per heavy atom. The lowest BCUT2D eigenvalue weighted by atomic mass is 10.7.